The van der Waals surface area contributed by atoms with Crippen LogP contribution in [0.25, 0.3) is 10.9 Å². The molecule has 6 nitrogen and oxygen atoms in total. The van der Waals surface area contributed by atoms with Crippen LogP contribution < -0.4 is 0 Å². The molecule has 0 unspecified atom stereocenters. The molecule has 0 N–H and O–H groups in total. The fourth-order valence-electron chi connectivity index (χ4n) is 6.37. The van der Waals surface area contributed by atoms with Crippen molar-refractivity contribution in [3.05, 3.63) is 95.7 Å². The smallest absolute Gasteiger partial charge is 0.225 e. The maximum absolute atomic E-state index is 13.4. The second kappa shape index (κ2) is 11.1. The SMILES string of the molecule is Cc1cc(CN2CCC(C(=O)N3CCC(c4cn(Cc5ccccn5)c5ccccc45)CC3)CC2)ccn1. The second-order valence-electron chi connectivity index (χ2n) is 11.0. The summed E-state index contributed by atoms with van der Waals surface area (Å²) in [6.07, 6.45) is 10.1. The molecule has 2 aliphatic rings. The van der Waals surface area contributed by atoms with Crippen molar-refractivity contribution in [2.45, 2.75) is 51.6 Å². The number of aryl methyl sites for hydroxylation is 1. The van der Waals surface area contributed by atoms with Crippen LogP contribution in [0.4, 0.5) is 0 Å². The van der Waals surface area contributed by atoms with Gasteiger partial charge in [0.15, 0.2) is 0 Å². The van der Waals surface area contributed by atoms with Gasteiger partial charge in [0.25, 0.3) is 0 Å². The van der Waals surface area contributed by atoms with Gasteiger partial charge in [0.1, 0.15) is 0 Å². The standard InChI is InChI=1S/C32H37N5O/c1-24-20-25(9-15-33-24)21-35-16-10-27(11-17-35)32(38)36-18-12-26(13-19-36)30-23-37(22-28-6-4-5-14-34-28)31-8-3-2-7-29(30)31/h2-9,14-15,20,23,26-27H,10-13,16-19,21-22H2,1H3. The molecule has 0 radical (unpaired) electrons. The lowest BCUT2D eigenvalue weighted by Crippen LogP contribution is -2.45. The third kappa shape index (κ3) is 5.37. The number of hydrogen-bond acceptors (Lipinski definition) is 4. The summed E-state index contributed by atoms with van der Waals surface area (Å²) < 4.78 is 2.34. The van der Waals surface area contributed by atoms with Crippen molar-refractivity contribution >= 4 is 16.8 Å². The van der Waals surface area contributed by atoms with Crippen LogP contribution in [0, 0.1) is 12.8 Å². The number of nitrogens with zero attached hydrogens (tertiary/aromatic N) is 5. The van der Waals surface area contributed by atoms with E-state index < -0.39 is 0 Å². The highest BCUT2D eigenvalue weighted by Crippen LogP contribution is 2.35. The summed E-state index contributed by atoms with van der Waals surface area (Å²) in [6, 6.07) is 19.1. The Balaban J connectivity index is 1.06. The van der Waals surface area contributed by atoms with Gasteiger partial charge in [-0.25, -0.2) is 0 Å². The average molecular weight is 508 g/mol. The third-order valence-corrected chi connectivity index (χ3v) is 8.43. The zero-order chi connectivity index (χ0) is 25.9. The molecule has 6 heteroatoms. The molecule has 196 valence electrons. The molecule has 0 atom stereocenters. The van der Waals surface area contributed by atoms with Crippen LogP contribution in [0.5, 0.6) is 0 Å². The van der Waals surface area contributed by atoms with E-state index in [-0.39, 0.29) is 5.92 Å². The van der Waals surface area contributed by atoms with E-state index in [2.05, 4.69) is 73.0 Å². The van der Waals surface area contributed by atoms with Crippen molar-refractivity contribution in [3.63, 3.8) is 0 Å². The molecule has 3 aromatic heterocycles. The first kappa shape index (κ1) is 24.8. The van der Waals surface area contributed by atoms with E-state index in [1.165, 1.54) is 22.0 Å². The first-order valence-corrected chi connectivity index (χ1v) is 14.0. The maximum atomic E-state index is 13.4. The summed E-state index contributed by atoms with van der Waals surface area (Å²) in [7, 11) is 0. The van der Waals surface area contributed by atoms with E-state index in [1.807, 2.05) is 31.5 Å². The molecule has 4 aromatic rings. The Morgan fingerprint density at radius 2 is 1.66 bits per heavy atom. The molecule has 1 aromatic carbocycles. The third-order valence-electron chi connectivity index (χ3n) is 8.43. The quantitative estimate of drug-likeness (QED) is 0.350. The number of benzene rings is 1. The number of rotatable bonds is 6. The van der Waals surface area contributed by atoms with Crippen LogP contribution >= 0.6 is 0 Å². The molecular formula is C32H37N5O. The molecule has 5 heterocycles. The summed E-state index contributed by atoms with van der Waals surface area (Å²) in [6.45, 7) is 7.47. The molecule has 6 rings (SSSR count). The number of pyridine rings is 2. The van der Waals surface area contributed by atoms with Crippen LogP contribution in [-0.4, -0.2) is 56.4 Å². The Morgan fingerprint density at radius 1 is 0.868 bits per heavy atom. The summed E-state index contributed by atoms with van der Waals surface area (Å²) in [4.78, 5) is 26.9. The van der Waals surface area contributed by atoms with E-state index >= 15 is 0 Å². The molecule has 38 heavy (non-hydrogen) atoms. The maximum Gasteiger partial charge on any atom is 0.225 e. The zero-order valence-corrected chi connectivity index (χ0v) is 22.3. The molecule has 0 saturated carbocycles. The first-order valence-electron chi connectivity index (χ1n) is 14.0. The summed E-state index contributed by atoms with van der Waals surface area (Å²) >= 11 is 0. The Labute approximate surface area is 225 Å². The van der Waals surface area contributed by atoms with Crippen molar-refractivity contribution in [3.8, 4) is 0 Å². The van der Waals surface area contributed by atoms with Crippen molar-refractivity contribution in [1.29, 1.82) is 0 Å². The summed E-state index contributed by atoms with van der Waals surface area (Å²) in [5, 5.41) is 1.34. The Hall–Kier alpha value is -3.51. The highest BCUT2D eigenvalue weighted by atomic mass is 16.2. The van der Waals surface area contributed by atoms with Crippen molar-refractivity contribution in [2.24, 2.45) is 5.92 Å². The van der Waals surface area contributed by atoms with Gasteiger partial charge in [0.05, 0.1) is 12.2 Å². The fourth-order valence-corrected chi connectivity index (χ4v) is 6.37. The van der Waals surface area contributed by atoms with E-state index in [0.29, 0.717) is 11.8 Å². The van der Waals surface area contributed by atoms with Gasteiger partial charge < -0.3 is 9.47 Å². The lowest BCUT2D eigenvalue weighted by atomic mass is 9.88. The molecule has 0 bridgehead atoms. The van der Waals surface area contributed by atoms with Crippen LogP contribution in [0.2, 0.25) is 0 Å². The van der Waals surface area contributed by atoms with E-state index in [9.17, 15) is 4.79 Å². The zero-order valence-electron chi connectivity index (χ0n) is 22.3. The Bertz CT molecular complexity index is 1380. The number of fused-ring (bicyclic) bond motifs is 1. The highest BCUT2D eigenvalue weighted by Gasteiger charge is 2.32. The number of carbonyl (C=O) groups excluding carboxylic acids is 1. The van der Waals surface area contributed by atoms with Gasteiger partial charge in [-0.1, -0.05) is 24.3 Å². The Kier molecular flexibility index (Phi) is 7.23. The number of carbonyl (C=O) groups is 1. The van der Waals surface area contributed by atoms with E-state index in [0.717, 1.165) is 76.3 Å². The minimum absolute atomic E-state index is 0.169. The minimum Gasteiger partial charge on any atom is -0.342 e. The highest BCUT2D eigenvalue weighted by molar-refractivity contribution is 5.85. The Morgan fingerprint density at radius 3 is 2.42 bits per heavy atom. The molecule has 2 fully saturated rings. The van der Waals surface area contributed by atoms with Gasteiger partial charge in [-0.15, -0.1) is 0 Å². The molecule has 2 aliphatic heterocycles. The van der Waals surface area contributed by atoms with Crippen LogP contribution in [-0.2, 0) is 17.9 Å². The molecule has 0 aliphatic carbocycles. The lowest BCUT2D eigenvalue weighted by molar-refractivity contribution is -0.138. The van der Waals surface area contributed by atoms with Crippen LogP contribution in [0.15, 0.2) is 73.2 Å². The number of piperidine rings is 2. The van der Waals surface area contributed by atoms with Gasteiger partial charge in [0, 0.05) is 60.7 Å². The van der Waals surface area contributed by atoms with Crippen LogP contribution in [0.1, 0.15) is 54.1 Å². The minimum atomic E-state index is 0.169. The number of aromatic nitrogens is 3. The van der Waals surface area contributed by atoms with E-state index in [4.69, 9.17) is 0 Å². The van der Waals surface area contributed by atoms with Gasteiger partial charge in [-0.3, -0.25) is 19.7 Å². The number of amides is 1. The first-order chi connectivity index (χ1) is 18.6. The van der Waals surface area contributed by atoms with E-state index in [1.54, 1.807) is 0 Å². The topological polar surface area (TPSA) is 54.3 Å². The predicted molar refractivity (Wildman–Crippen MR) is 151 cm³/mol. The van der Waals surface area contributed by atoms with Gasteiger partial charge >= 0.3 is 0 Å². The fraction of sp³-hybridized carbons (Fsp3) is 0.406. The molecular weight excluding hydrogens is 470 g/mol. The number of hydrogen-bond donors (Lipinski definition) is 0. The normalized spacial score (nSPS) is 17.8. The monoisotopic (exact) mass is 507 g/mol. The van der Waals surface area contributed by atoms with Crippen molar-refractivity contribution in [2.75, 3.05) is 26.2 Å². The predicted octanol–water partition coefficient (Wildman–Crippen LogP) is 5.41. The molecule has 1 amide bonds. The van der Waals surface area contributed by atoms with Crippen LogP contribution in [0.3, 0.4) is 0 Å². The largest absolute Gasteiger partial charge is 0.342 e. The number of para-hydroxylation sites is 1. The van der Waals surface area contributed by atoms with Crippen molar-refractivity contribution in [1.82, 2.24) is 24.3 Å². The average Bonchev–Trinajstić information content (AvgIpc) is 3.32. The van der Waals surface area contributed by atoms with Gasteiger partial charge in [-0.05, 0) is 93.1 Å². The molecule has 2 saturated heterocycles. The number of likely N-dealkylation sites (tertiary alicyclic amines) is 2. The summed E-state index contributed by atoms with van der Waals surface area (Å²) in [5.41, 5.74) is 6.13. The molecule has 0 spiro atoms. The second-order valence-corrected chi connectivity index (χ2v) is 11.0. The van der Waals surface area contributed by atoms with Crippen molar-refractivity contribution < 1.29 is 4.79 Å². The van der Waals surface area contributed by atoms with Gasteiger partial charge in [-0.2, -0.15) is 0 Å². The van der Waals surface area contributed by atoms with Gasteiger partial charge in [0.2, 0.25) is 5.91 Å². The summed E-state index contributed by atoms with van der Waals surface area (Å²) in [5.74, 6) is 1.03. The lowest BCUT2D eigenvalue weighted by Gasteiger charge is -2.37.